The summed E-state index contributed by atoms with van der Waals surface area (Å²) in [5, 5.41) is 19.3. The average Bonchev–Trinajstić information content (AvgIpc) is 2.85. The number of rotatable bonds is 5. The molecule has 7 heteroatoms. The Hall–Kier alpha value is -2.41. The van der Waals surface area contributed by atoms with Gasteiger partial charge in [-0.25, -0.2) is 9.18 Å². The van der Waals surface area contributed by atoms with Crippen LogP contribution in [0.5, 0.6) is 0 Å². The Kier molecular flexibility index (Phi) is 5.11. The van der Waals surface area contributed by atoms with Crippen molar-refractivity contribution in [2.24, 2.45) is 7.05 Å². The van der Waals surface area contributed by atoms with E-state index < -0.39 is 18.0 Å². The van der Waals surface area contributed by atoms with Gasteiger partial charge in [-0.1, -0.05) is 25.1 Å². The average molecular weight is 306 g/mol. The Morgan fingerprint density at radius 3 is 2.82 bits per heavy atom. The van der Waals surface area contributed by atoms with Gasteiger partial charge in [0.1, 0.15) is 11.6 Å². The van der Waals surface area contributed by atoms with E-state index in [1.165, 1.54) is 12.1 Å². The fourth-order valence-electron chi connectivity index (χ4n) is 2.02. The maximum absolute atomic E-state index is 13.5. The lowest BCUT2D eigenvalue weighted by molar-refractivity contribution is 0.170. The molecule has 0 radical (unpaired) electrons. The molecule has 0 aliphatic heterocycles. The second-order valence-corrected chi connectivity index (χ2v) is 4.87. The largest absolute Gasteiger partial charge is 0.386 e. The number of aromatic nitrogens is 2. The van der Waals surface area contributed by atoms with Gasteiger partial charge in [0.05, 0.1) is 11.8 Å². The molecule has 6 nitrogen and oxygen atoms in total. The third-order valence-corrected chi connectivity index (χ3v) is 3.25. The lowest BCUT2D eigenvalue weighted by Crippen LogP contribution is -2.33. The van der Waals surface area contributed by atoms with Crippen LogP contribution in [0, 0.1) is 5.82 Å². The Morgan fingerprint density at radius 2 is 2.18 bits per heavy atom. The topological polar surface area (TPSA) is 79.2 Å². The van der Waals surface area contributed by atoms with Gasteiger partial charge in [0, 0.05) is 25.2 Å². The van der Waals surface area contributed by atoms with Crippen LogP contribution in [0.4, 0.5) is 15.0 Å². The number of aryl methyl sites for hydroxylation is 2. The molecule has 1 unspecified atom stereocenters. The molecule has 0 fully saturated rings. The van der Waals surface area contributed by atoms with Gasteiger partial charge in [0.2, 0.25) is 0 Å². The molecule has 3 N–H and O–H groups in total. The van der Waals surface area contributed by atoms with Crippen LogP contribution in [-0.4, -0.2) is 27.5 Å². The number of hydrogen-bond acceptors (Lipinski definition) is 3. The molecule has 22 heavy (non-hydrogen) atoms. The first-order chi connectivity index (χ1) is 10.5. The quantitative estimate of drug-likeness (QED) is 0.790. The van der Waals surface area contributed by atoms with Gasteiger partial charge in [-0.3, -0.25) is 10.00 Å². The highest BCUT2D eigenvalue weighted by Crippen LogP contribution is 2.15. The van der Waals surface area contributed by atoms with Gasteiger partial charge in [0.25, 0.3) is 0 Å². The summed E-state index contributed by atoms with van der Waals surface area (Å²) in [4.78, 5) is 11.8. The van der Waals surface area contributed by atoms with Gasteiger partial charge in [-0.15, -0.1) is 0 Å². The summed E-state index contributed by atoms with van der Waals surface area (Å²) < 4.78 is 15.1. The van der Waals surface area contributed by atoms with Crippen molar-refractivity contribution in [1.29, 1.82) is 0 Å². The van der Waals surface area contributed by atoms with Crippen LogP contribution in [-0.2, 0) is 13.5 Å². The van der Waals surface area contributed by atoms with E-state index in [0.717, 1.165) is 12.1 Å². The zero-order valence-corrected chi connectivity index (χ0v) is 12.5. The van der Waals surface area contributed by atoms with Crippen LogP contribution in [0.2, 0.25) is 0 Å². The van der Waals surface area contributed by atoms with Crippen LogP contribution in [0.25, 0.3) is 0 Å². The Morgan fingerprint density at radius 1 is 1.45 bits per heavy atom. The number of nitrogens with one attached hydrogen (secondary N) is 2. The van der Waals surface area contributed by atoms with Crippen molar-refractivity contribution in [3.05, 3.63) is 47.4 Å². The van der Waals surface area contributed by atoms with E-state index in [2.05, 4.69) is 15.7 Å². The SMILES string of the molecule is CCc1cc(NC(=O)NCC(O)c2ccccc2F)n(C)n1. The molecule has 0 saturated carbocycles. The minimum atomic E-state index is -1.11. The number of amides is 2. The van der Waals surface area contributed by atoms with E-state index in [9.17, 15) is 14.3 Å². The summed E-state index contributed by atoms with van der Waals surface area (Å²) >= 11 is 0. The number of carbonyl (C=O) groups is 1. The third-order valence-electron chi connectivity index (χ3n) is 3.25. The molecule has 0 aliphatic carbocycles. The van der Waals surface area contributed by atoms with E-state index >= 15 is 0 Å². The lowest BCUT2D eigenvalue weighted by Gasteiger charge is -2.13. The molecule has 1 atom stereocenters. The summed E-state index contributed by atoms with van der Waals surface area (Å²) in [5.41, 5.74) is 1.01. The maximum atomic E-state index is 13.5. The molecule has 1 aromatic heterocycles. The van der Waals surface area contributed by atoms with E-state index in [1.54, 1.807) is 29.9 Å². The van der Waals surface area contributed by atoms with Gasteiger partial charge in [0.15, 0.2) is 0 Å². The first-order valence-electron chi connectivity index (χ1n) is 7.01. The Balaban J connectivity index is 1.90. The molecule has 2 aromatic rings. The van der Waals surface area contributed by atoms with Crippen molar-refractivity contribution in [3.8, 4) is 0 Å². The number of aliphatic hydroxyl groups is 1. The lowest BCUT2D eigenvalue weighted by atomic mass is 10.1. The Bertz CT molecular complexity index is 657. The molecule has 1 aromatic carbocycles. The number of hydrogen-bond donors (Lipinski definition) is 3. The van der Waals surface area contributed by atoms with E-state index in [-0.39, 0.29) is 12.1 Å². The summed E-state index contributed by atoms with van der Waals surface area (Å²) in [5.74, 6) is 0.0474. The van der Waals surface area contributed by atoms with Gasteiger partial charge in [-0.2, -0.15) is 5.10 Å². The fraction of sp³-hybridized carbons (Fsp3) is 0.333. The molecule has 0 spiro atoms. The van der Waals surface area contributed by atoms with Crippen LogP contribution >= 0.6 is 0 Å². The highest BCUT2D eigenvalue weighted by atomic mass is 19.1. The highest BCUT2D eigenvalue weighted by Gasteiger charge is 2.14. The minimum Gasteiger partial charge on any atom is -0.386 e. The first kappa shape index (κ1) is 16.0. The predicted octanol–water partition coefficient (Wildman–Crippen LogP) is 1.98. The number of halogens is 1. The number of anilines is 1. The molecule has 0 aliphatic rings. The second-order valence-electron chi connectivity index (χ2n) is 4.87. The molecule has 1 heterocycles. The second kappa shape index (κ2) is 7.04. The maximum Gasteiger partial charge on any atom is 0.320 e. The zero-order chi connectivity index (χ0) is 16.1. The molecular weight excluding hydrogens is 287 g/mol. The van der Waals surface area contributed by atoms with Gasteiger partial charge in [-0.05, 0) is 12.5 Å². The standard InChI is InChI=1S/C15H19FN4O2/c1-3-10-8-14(20(2)19-10)18-15(22)17-9-13(21)11-6-4-5-7-12(11)16/h4-8,13,21H,3,9H2,1-2H3,(H2,17,18,22). The van der Waals surface area contributed by atoms with Crippen molar-refractivity contribution in [3.63, 3.8) is 0 Å². The summed E-state index contributed by atoms with van der Waals surface area (Å²) in [6, 6.07) is 7.20. The van der Waals surface area contributed by atoms with E-state index in [0.29, 0.717) is 5.82 Å². The third kappa shape index (κ3) is 3.82. The fourth-order valence-corrected chi connectivity index (χ4v) is 2.02. The summed E-state index contributed by atoms with van der Waals surface area (Å²) in [6.45, 7) is 1.88. The van der Waals surface area contributed by atoms with E-state index in [4.69, 9.17) is 0 Å². The van der Waals surface area contributed by atoms with Gasteiger partial charge < -0.3 is 10.4 Å². The molecule has 0 bridgehead atoms. The molecular formula is C15H19FN4O2. The van der Waals surface area contributed by atoms with Crippen LogP contribution in [0.1, 0.15) is 24.3 Å². The normalized spacial score (nSPS) is 12.0. The summed E-state index contributed by atoms with van der Waals surface area (Å²) in [6.07, 6.45) is -0.340. The van der Waals surface area contributed by atoms with Crippen molar-refractivity contribution >= 4 is 11.8 Å². The Labute approximate surface area is 128 Å². The van der Waals surface area contributed by atoms with Crippen molar-refractivity contribution < 1.29 is 14.3 Å². The molecule has 0 saturated heterocycles. The summed E-state index contributed by atoms with van der Waals surface area (Å²) in [7, 11) is 1.73. The van der Waals surface area contributed by atoms with E-state index in [1.807, 2.05) is 6.92 Å². The zero-order valence-electron chi connectivity index (χ0n) is 12.5. The molecule has 2 rings (SSSR count). The van der Waals surface area contributed by atoms with Crippen LogP contribution in [0.15, 0.2) is 30.3 Å². The minimum absolute atomic E-state index is 0.0920. The van der Waals surface area contributed by atoms with Crippen molar-refractivity contribution in [2.45, 2.75) is 19.4 Å². The first-order valence-corrected chi connectivity index (χ1v) is 7.01. The highest BCUT2D eigenvalue weighted by molar-refractivity contribution is 5.88. The van der Waals surface area contributed by atoms with Crippen molar-refractivity contribution in [2.75, 3.05) is 11.9 Å². The van der Waals surface area contributed by atoms with Crippen molar-refractivity contribution in [1.82, 2.24) is 15.1 Å². The number of aliphatic hydroxyl groups excluding tert-OH is 1. The van der Waals surface area contributed by atoms with Crippen LogP contribution in [0.3, 0.4) is 0 Å². The molecule has 2 amide bonds. The number of benzene rings is 1. The number of carbonyl (C=O) groups excluding carboxylic acids is 1. The van der Waals surface area contributed by atoms with Gasteiger partial charge >= 0.3 is 6.03 Å². The monoisotopic (exact) mass is 306 g/mol. The predicted molar refractivity (Wildman–Crippen MR) is 81.0 cm³/mol. The number of nitrogens with zero attached hydrogens (tertiary/aromatic N) is 2. The van der Waals surface area contributed by atoms with Crippen LogP contribution < -0.4 is 10.6 Å². The molecule has 118 valence electrons. The number of urea groups is 1. The smallest absolute Gasteiger partial charge is 0.320 e.